The van der Waals surface area contributed by atoms with Crippen molar-refractivity contribution in [2.75, 3.05) is 0 Å². The van der Waals surface area contributed by atoms with Gasteiger partial charge in [0.25, 0.3) is 0 Å². The minimum atomic E-state index is -0.553. The Bertz CT molecular complexity index is 688. The van der Waals surface area contributed by atoms with Gasteiger partial charge in [-0.3, -0.25) is 10.1 Å². The van der Waals surface area contributed by atoms with Crippen LogP contribution in [0, 0.1) is 15.9 Å². The zero-order valence-corrected chi connectivity index (χ0v) is 11.6. The second-order valence-electron chi connectivity index (χ2n) is 4.21. The van der Waals surface area contributed by atoms with Gasteiger partial charge < -0.3 is 4.74 Å². The van der Waals surface area contributed by atoms with Gasteiger partial charge in [-0.05, 0) is 35.4 Å². The highest BCUT2D eigenvalue weighted by atomic mass is 35.5. The monoisotopic (exact) mass is 307 g/mol. The van der Waals surface area contributed by atoms with Crippen molar-refractivity contribution in [3.63, 3.8) is 0 Å². The number of nitro groups is 1. The summed E-state index contributed by atoms with van der Waals surface area (Å²) in [5, 5.41) is 10.6. The molecule has 0 aliphatic carbocycles. The largest absolute Gasteiger partial charge is 0.487 e. The Hall–Kier alpha value is -2.40. The average molecular weight is 308 g/mol. The fourth-order valence-corrected chi connectivity index (χ4v) is 1.92. The number of benzene rings is 2. The van der Waals surface area contributed by atoms with E-state index in [9.17, 15) is 14.5 Å². The molecule has 0 aromatic heterocycles. The minimum Gasteiger partial charge on any atom is -0.487 e. The van der Waals surface area contributed by atoms with Crippen molar-refractivity contribution in [3.8, 4) is 5.75 Å². The first-order valence-corrected chi connectivity index (χ1v) is 6.41. The van der Waals surface area contributed by atoms with Gasteiger partial charge >= 0.3 is 0 Å². The molecule has 2 rings (SSSR count). The summed E-state index contributed by atoms with van der Waals surface area (Å²) in [7, 11) is 0. The molecule has 0 amide bonds. The van der Waals surface area contributed by atoms with Crippen LogP contribution in [0.3, 0.4) is 0 Å². The molecule has 2 aromatic carbocycles. The molecule has 0 spiro atoms. The maximum atomic E-state index is 13.0. The van der Waals surface area contributed by atoms with Crippen LogP contribution >= 0.6 is 11.6 Å². The first-order chi connectivity index (χ1) is 10.0. The lowest BCUT2D eigenvalue weighted by molar-refractivity contribution is -0.400. The van der Waals surface area contributed by atoms with Crippen molar-refractivity contribution in [3.05, 3.63) is 80.7 Å². The standard InChI is InChI=1S/C15H11ClFNO3/c16-14-9-11(6-7-18(19)20)4-5-15(14)21-10-12-2-1-3-13(17)8-12/h1-9H,10H2. The summed E-state index contributed by atoms with van der Waals surface area (Å²) in [6.07, 6.45) is 2.17. The molecule has 0 bridgehead atoms. The van der Waals surface area contributed by atoms with Crippen LogP contribution in [-0.2, 0) is 6.61 Å². The topological polar surface area (TPSA) is 52.4 Å². The third-order valence-electron chi connectivity index (χ3n) is 2.63. The van der Waals surface area contributed by atoms with Gasteiger partial charge in [-0.1, -0.05) is 29.8 Å². The molecule has 6 heteroatoms. The molecule has 2 aromatic rings. The van der Waals surface area contributed by atoms with Gasteiger partial charge in [0, 0.05) is 6.08 Å². The van der Waals surface area contributed by atoms with E-state index in [1.165, 1.54) is 18.2 Å². The van der Waals surface area contributed by atoms with E-state index in [1.807, 2.05) is 0 Å². The molecular formula is C15H11ClFNO3. The molecular weight excluding hydrogens is 297 g/mol. The molecule has 0 saturated heterocycles. The van der Waals surface area contributed by atoms with Gasteiger partial charge in [-0.25, -0.2) is 4.39 Å². The van der Waals surface area contributed by atoms with Crippen molar-refractivity contribution >= 4 is 17.7 Å². The maximum absolute atomic E-state index is 13.0. The van der Waals surface area contributed by atoms with Crippen LogP contribution in [0.5, 0.6) is 5.75 Å². The normalized spacial score (nSPS) is 10.8. The van der Waals surface area contributed by atoms with Crippen molar-refractivity contribution in [2.24, 2.45) is 0 Å². The highest BCUT2D eigenvalue weighted by Gasteiger charge is 2.04. The van der Waals surface area contributed by atoms with Crippen molar-refractivity contribution in [1.29, 1.82) is 0 Å². The second-order valence-corrected chi connectivity index (χ2v) is 4.62. The lowest BCUT2D eigenvalue weighted by Gasteiger charge is -2.08. The fourth-order valence-electron chi connectivity index (χ4n) is 1.67. The van der Waals surface area contributed by atoms with E-state index in [0.29, 0.717) is 21.9 Å². The first kappa shape index (κ1) is 15.0. The summed E-state index contributed by atoms with van der Waals surface area (Å²) in [4.78, 5) is 9.69. The SMILES string of the molecule is O=[N+]([O-])C=Cc1ccc(OCc2cccc(F)c2)c(Cl)c1. The Balaban J connectivity index is 2.06. The Morgan fingerprint density at radius 2 is 2.10 bits per heavy atom. The number of ether oxygens (including phenoxy) is 1. The molecule has 0 heterocycles. The summed E-state index contributed by atoms with van der Waals surface area (Å²) < 4.78 is 18.5. The summed E-state index contributed by atoms with van der Waals surface area (Å²) in [6.45, 7) is 0.182. The van der Waals surface area contributed by atoms with E-state index >= 15 is 0 Å². The zero-order chi connectivity index (χ0) is 15.2. The Morgan fingerprint density at radius 1 is 1.29 bits per heavy atom. The molecule has 21 heavy (non-hydrogen) atoms. The van der Waals surface area contributed by atoms with Crippen LogP contribution in [0.1, 0.15) is 11.1 Å². The van der Waals surface area contributed by atoms with Gasteiger partial charge in [0.2, 0.25) is 6.20 Å². The second kappa shape index (κ2) is 6.85. The number of nitrogens with zero attached hydrogens (tertiary/aromatic N) is 1. The van der Waals surface area contributed by atoms with Crippen LogP contribution in [-0.4, -0.2) is 4.92 Å². The molecule has 0 atom stereocenters. The smallest absolute Gasteiger partial charge is 0.235 e. The Morgan fingerprint density at radius 3 is 2.76 bits per heavy atom. The lowest BCUT2D eigenvalue weighted by Crippen LogP contribution is -1.96. The van der Waals surface area contributed by atoms with Crippen LogP contribution in [0.2, 0.25) is 5.02 Å². The predicted molar refractivity (Wildman–Crippen MR) is 78.2 cm³/mol. The van der Waals surface area contributed by atoms with E-state index in [-0.39, 0.29) is 12.4 Å². The minimum absolute atomic E-state index is 0.182. The number of hydrogen-bond acceptors (Lipinski definition) is 3. The van der Waals surface area contributed by atoms with Gasteiger partial charge in [0.1, 0.15) is 18.2 Å². The quantitative estimate of drug-likeness (QED) is 0.611. The van der Waals surface area contributed by atoms with Gasteiger partial charge in [0.05, 0.1) is 9.95 Å². The average Bonchev–Trinajstić information content (AvgIpc) is 2.44. The summed E-state index contributed by atoms with van der Waals surface area (Å²) in [6, 6.07) is 10.9. The van der Waals surface area contributed by atoms with Gasteiger partial charge in [0.15, 0.2) is 0 Å². The number of halogens is 2. The van der Waals surface area contributed by atoms with E-state index in [2.05, 4.69) is 0 Å². The van der Waals surface area contributed by atoms with Crippen LogP contribution in [0.25, 0.3) is 6.08 Å². The molecule has 0 fully saturated rings. The van der Waals surface area contributed by atoms with E-state index in [4.69, 9.17) is 16.3 Å². The Kier molecular flexibility index (Phi) is 4.90. The van der Waals surface area contributed by atoms with E-state index in [1.54, 1.807) is 30.3 Å². The third kappa shape index (κ3) is 4.57. The molecule has 4 nitrogen and oxygen atoms in total. The first-order valence-electron chi connectivity index (χ1n) is 6.03. The molecule has 0 aliphatic rings. The number of hydrogen-bond donors (Lipinski definition) is 0. The van der Waals surface area contributed by atoms with Gasteiger partial charge in [-0.2, -0.15) is 0 Å². The summed E-state index contributed by atoms with van der Waals surface area (Å²) in [5.74, 6) is 0.0987. The van der Waals surface area contributed by atoms with Crippen LogP contribution in [0.15, 0.2) is 48.7 Å². The number of rotatable bonds is 5. The predicted octanol–water partition coefficient (Wildman–Crippen LogP) is 4.31. The van der Waals surface area contributed by atoms with Crippen LogP contribution in [0.4, 0.5) is 4.39 Å². The highest BCUT2D eigenvalue weighted by Crippen LogP contribution is 2.26. The molecule has 108 valence electrons. The lowest BCUT2D eigenvalue weighted by atomic mass is 10.2. The molecule has 0 unspecified atom stereocenters. The Labute approximate surface area is 125 Å². The summed E-state index contributed by atoms with van der Waals surface area (Å²) >= 11 is 6.04. The molecule has 0 aliphatic heterocycles. The van der Waals surface area contributed by atoms with Crippen LogP contribution < -0.4 is 4.74 Å². The molecule has 0 saturated carbocycles. The molecule has 0 N–H and O–H groups in total. The van der Waals surface area contributed by atoms with E-state index in [0.717, 1.165) is 6.20 Å². The summed E-state index contributed by atoms with van der Waals surface area (Å²) in [5.41, 5.74) is 1.28. The van der Waals surface area contributed by atoms with E-state index < -0.39 is 4.92 Å². The van der Waals surface area contributed by atoms with Gasteiger partial charge in [-0.15, -0.1) is 0 Å². The third-order valence-corrected chi connectivity index (χ3v) is 2.92. The van der Waals surface area contributed by atoms with Crippen molar-refractivity contribution in [1.82, 2.24) is 0 Å². The zero-order valence-electron chi connectivity index (χ0n) is 10.8. The fraction of sp³-hybridized carbons (Fsp3) is 0.0667. The highest BCUT2D eigenvalue weighted by molar-refractivity contribution is 6.32. The van der Waals surface area contributed by atoms with Crippen molar-refractivity contribution < 1.29 is 14.1 Å². The molecule has 0 radical (unpaired) electrons. The van der Waals surface area contributed by atoms with Crippen molar-refractivity contribution in [2.45, 2.75) is 6.61 Å². The maximum Gasteiger partial charge on any atom is 0.235 e.